The van der Waals surface area contributed by atoms with Crippen LogP contribution in [0.3, 0.4) is 0 Å². The van der Waals surface area contributed by atoms with E-state index in [-0.39, 0.29) is 11.5 Å². The maximum absolute atomic E-state index is 12.9. The molecule has 6 nitrogen and oxygen atoms in total. The summed E-state index contributed by atoms with van der Waals surface area (Å²) in [7, 11) is 0. The SMILES string of the molecule is O=C(Nc1ccccc1C(=O)N1CCCCC1)c1cc2ccccc2oc1=O. The van der Waals surface area contributed by atoms with Crippen LogP contribution in [-0.4, -0.2) is 29.8 Å². The molecule has 142 valence electrons. The molecule has 1 aromatic heterocycles. The first-order valence-electron chi connectivity index (χ1n) is 9.36. The van der Waals surface area contributed by atoms with Crippen molar-refractivity contribution in [2.24, 2.45) is 0 Å². The lowest BCUT2D eigenvalue weighted by molar-refractivity contribution is 0.0725. The predicted molar refractivity (Wildman–Crippen MR) is 107 cm³/mol. The van der Waals surface area contributed by atoms with Gasteiger partial charge in [-0.05, 0) is 43.5 Å². The second kappa shape index (κ2) is 7.68. The lowest BCUT2D eigenvalue weighted by Crippen LogP contribution is -2.36. The van der Waals surface area contributed by atoms with Gasteiger partial charge in [0.25, 0.3) is 11.8 Å². The smallest absolute Gasteiger partial charge is 0.349 e. The number of anilines is 1. The van der Waals surface area contributed by atoms with E-state index in [0.717, 1.165) is 32.4 Å². The highest BCUT2D eigenvalue weighted by Gasteiger charge is 2.22. The van der Waals surface area contributed by atoms with Crippen molar-refractivity contribution in [3.05, 3.63) is 76.1 Å². The number of nitrogens with one attached hydrogen (secondary N) is 1. The van der Waals surface area contributed by atoms with Crippen LogP contribution >= 0.6 is 0 Å². The molecular formula is C22H20N2O4. The van der Waals surface area contributed by atoms with Crippen LogP contribution in [0.15, 0.2) is 63.8 Å². The number of piperidine rings is 1. The number of carbonyl (C=O) groups is 2. The van der Waals surface area contributed by atoms with E-state index >= 15 is 0 Å². The lowest BCUT2D eigenvalue weighted by atomic mass is 10.1. The number of carbonyl (C=O) groups excluding carboxylic acids is 2. The van der Waals surface area contributed by atoms with Crippen molar-refractivity contribution >= 4 is 28.5 Å². The van der Waals surface area contributed by atoms with Crippen molar-refractivity contribution in [3.63, 3.8) is 0 Å². The minimum atomic E-state index is -0.712. The Morgan fingerprint density at radius 1 is 0.893 bits per heavy atom. The Labute approximate surface area is 161 Å². The summed E-state index contributed by atoms with van der Waals surface area (Å²) in [6.45, 7) is 1.44. The minimum absolute atomic E-state index is 0.0982. The van der Waals surface area contributed by atoms with Crippen LogP contribution in [0.1, 0.15) is 40.0 Å². The Morgan fingerprint density at radius 2 is 1.61 bits per heavy atom. The number of nitrogens with zero attached hydrogens (tertiary/aromatic N) is 1. The van der Waals surface area contributed by atoms with Gasteiger partial charge in [0.1, 0.15) is 11.1 Å². The largest absolute Gasteiger partial charge is 0.422 e. The van der Waals surface area contributed by atoms with Gasteiger partial charge in [-0.2, -0.15) is 0 Å². The fraction of sp³-hybridized carbons (Fsp3) is 0.227. The minimum Gasteiger partial charge on any atom is -0.422 e. The average molecular weight is 376 g/mol. The number of hydrogen-bond acceptors (Lipinski definition) is 4. The van der Waals surface area contributed by atoms with E-state index in [1.54, 1.807) is 53.4 Å². The fourth-order valence-corrected chi connectivity index (χ4v) is 3.46. The van der Waals surface area contributed by atoms with Gasteiger partial charge < -0.3 is 14.6 Å². The molecule has 2 aromatic carbocycles. The van der Waals surface area contributed by atoms with Gasteiger partial charge in [-0.25, -0.2) is 4.79 Å². The van der Waals surface area contributed by atoms with Gasteiger partial charge in [-0.1, -0.05) is 30.3 Å². The monoisotopic (exact) mass is 376 g/mol. The third-order valence-electron chi connectivity index (χ3n) is 4.93. The van der Waals surface area contributed by atoms with Crippen molar-refractivity contribution in [2.75, 3.05) is 18.4 Å². The van der Waals surface area contributed by atoms with Crippen molar-refractivity contribution in [1.82, 2.24) is 4.90 Å². The van der Waals surface area contributed by atoms with Crippen molar-refractivity contribution in [1.29, 1.82) is 0 Å². The summed E-state index contributed by atoms with van der Waals surface area (Å²) in [5.41, 5.74) is 0.415. The standard InChI is InChI=1S/C22H20N2O4/c25-20(17-14-15-8-2-5-11-19(15)28-22(17)27)23-18-10-4-3-9-16(18)21(26)24-12-6-1-7-13-24/h2-5,8-11,14H,1,6-7,12-13H2,(H,23,25). The van der Waals surface area contributed by atoms with Crippen LogP contribution in [0.2, 0.25) is 0 Å². The van der Waals surface area contributed by atoms with Crippen LogP contribution in [0.5, 0.6) is 0 Å². The highest BCUT2D eigenvalue weighted by atomic mass is 16.4. The van der Waals surface area contributed by atoms with Gasteiger partial charge in [-0.15, -0.1) is 0 Å². The van der Waals surface area contributed by atoms with Crippen LogP contribution in [0.25, 0.3) is 11.0 Å². The Kier molecular flexibility index (Phi) is 4.93. The van der Waals surface area contributed by atoms with E-state index in [0.29, 0.717) is 22.2 Å². The molecule has 28 heavy (non-hydrogen) atoms. The number of fused-ring (bicyclic) bond motifs is 1. The Morgan fingerprint density at radius 3 is 2.43 bits per heavy atom. The topological polar surface area (TPSA) is 79.6 Å². The first-order valence-corrected chi connectivity index (χ1v) is 9.36. The Hall–Kier alpha value is -3.41. The van der Waals surface area contributed by atoms with Crippen molar-refractivity contribution in [3.8, 4) is 0 Å². The first-order chi connectivity index (χ1) is 13.6. The highest BCUT2D eigenvalue weighted by Crippen LogP contribution is 2.21. The highest BCUT2D eigenvalue weighted by molar-refractivity contribution is 6.09. The first kappa shape index (κ1) is 18.0. The van der Waals surface area contributed by atoms with Crippen molar-refractivity contribution < 1.29 is 14.0 Å². The fourth-order valence-electron chi connectivity index (χ4n) is 3.46. The lowest BCUT2D eigenvalue weighted by Gasteiger charge is -2.27. The average Bonchev–Trinajstić information content (AvgIpc) is 2.73. The Balaban J connectivity index is 1.63. The molecule has 0 unspecified atom stereocenters. The molecule has 0 atom stereocenters. The zero-order valence-corrected chi connectivity index (χ0v) is 15.3. The molecule has 0 spiro atoms. The van der Waals surface area contributed by atoms with E-state index in [2.05, 4.69) is 5.32 Å². The summed E-state index contributed by atoms with van der Waals surface area (Å²) in [5, 5.41) is 3.36. The summed E-state index contributed by atoms with van der Waals surface area (Å²) < 4.78 is 5.23. The maximum atomic E-state index is 12.9. The summed E-state index contributed by atoms with van der Waals surface area (Å²) >= 11 is 0. The van der Waals surface area contributed by atoms with Gasteiger partial charge in [0, 0.05) is 18.5 Å². The molecule has 1 saturated heterocycles. The zero-order valence-electron chi connectivity index (χ0n) is 15.3. The van der Waals surface area contributed by atoms with Gasteiger partial charge >= 0.3 is 5.63 Å². The van der Waals surface area contributed by atoms with E-state index < -0.39 is 11.5 Å². The van der Waals surface area contributed by atoms with Gasteiger partial charge in [0.15, 0.2) is 0 Å². The molecule has 0 saturated carbocycles. The second-order valence-corrected chi connectivity index (χ2v) is 6.84. The van der Waals surface area contributed by atoms with E-state index in [9.17, 15) is 14.4 Å². The number of hydrogen-bond donors (Lipinski definition) is 1. The molecule has 2 heterocycles. The molecule has 0 bridgehead atoms. The second-order valence-electron chi connectivity index (χ2n) is 6.84. The number of para-hydroxylation sites is 2. The summed E-state index contributed by atoms with van der Waals surface area (Å²) in [4.78, 5) is 39.6. The summed E-state index contributed by atoms with van der Waals surface area (Å²) in [6.07, 6.45) is 3.09. The van der Waals surface area contributed by atoms with E-state index in [4.69, 9.17) is 4.42 Å². The third-order valence-corrected chi connectivity index (χ3v) is 4.93. The molecular weight excluding hydrogens is 356 g/mol. The molecule has 1 aliphatic rings. The van der Waals surface area contributed by atoms with Crippen LogP contribution in [0, 0.1) is 0 Å². The molecule has 0 aliphatic carbocycles. The number of rotatable bonds is 3. The summed E-state index contributed by atoms with van der Waals surface area (Å²) in [5.74, 6) is -0.709. The van der Waals surface area contributed by atoms with Gasteiger partial charge in [0.2, 0.25) is 0 Å². The normalized spacial score (nSPS) is 14.1. The molecule has 1 aliphatic heterocycles. The van der Waals surface area contributed by atoms with E-state index in [1.807, 2.05) is 0 Å². The maximum Gasteiger partial charge on any atom is 0.349 e. The van der Waals surface area contributed by atoms with E-state index in [1.165, 1.54) is 6.07 Å². The van der Waals surface area contributed by atoms with Crippen LogP contribution < -0.4 is 10.9 Å². The van der Waals surface area contributed by atoms with Crippen molar-refractivity contribution in [2.45, 2.75) is 19.3 Å². The molecule has 3 aromatic rings. The molecule has 1 fully saturated rings. The van der Waals surface area contributed by atoms with Crippen LogP contribution in [0.4, 0.5) is 5.69 Å². The molecule has 4 rings (SSSR count). The molecule has 2 amide bonds. The third kappa shape index (κ3) is 3.53. The molecule has 1 N–H and O–H groups in total. The Bertz CT molecular complexity index is 1100. The van der Waals surface area contributed by atoms with Crippen LogP contribution in [-0.2, 0) is 0 Å². The number of likely N-dealkylation sites (tertiary alicyclic amines) is 1. The molecule has 0 radical (unpaired) electrons. The van der Waals surface area contributed by atoms with Gasteiger partial charge in [-0.3, -0.25) is 9.59 Å². The molecule has 6 heteroatoms. The number of amides is 2. The quantitative estimate of drug-likeness (QED) is 0.708. The predicted octanol–water partition coefficient (Wildman–Crippen LogP) is 3.67. The summed E-state index contributed by atoms with van der Waals surface area (Å²) in [6, 6.07) is 15.4. The zero-order chi connectivity index (χ0) is 19.5. The van der Waals surface area contributed by atoms with Gasteiger partial charge in [0.05, 0.1) is 11.3 Å². The number of benzene rings is 2.